The van der Waals surface area contributed by atoms with E-state index in [2.05, 4.69) is 34.8 Å². The first kappa shape index (κ1) is 12.6. The second-order valence-electron chi connectivity index (χ2n) is 5.77. The van der Waals surface area contributed by atoms with E-state index in [1.54, 1.807) is 0 Å². The van der Waals surface area contributed by atoms with Gasteiger partial charge >= 0.3 is 0 Å². The molecule has 0 amide bonds. The van der Waals surface area contributed by atoms with Crippen molar-refractivity contribution in [3.8, 4) is 0 Å². The Kier molecular flexibility index (Phi) is 3.51. The maximum absolute atomic E-state index is 4.80. The summed E-state index contributed by atoms with van der Waals surface area (Å²) in [5, 5.41) is 3.49. The first-order valence-electron chi connectivity index (χ1n) is 7.27. The summed E-state index contributed by atoms with van der Waals surface area (Å²) in [5.74, 6) is 1.93. The summed E-state index contributed by atoms with van der Waals surface area (Å²) in [6, 6.07) is 2.52. The van der Waals surface area contributed by atoms with Gasteiger partial charge in [-0.05, 0) is 51.8 Å². The molecule has 2 aromatic heterocycles. The van der Waals surface area contributed by atoms with Crippen LogP contribution in [0.3, 0.4) is 0 Å². The number of nitrogens with one attached hydrogen (secondary N) is 1. The molecule has 2 aromatic rings. The number of piperidine rings is 1. The Morgan fingerprint density at radius 2 is 2.37 bits per heavy atom. The van der Waals surface area contributed by atoms with Crippen LogP contribution >= 0.6 is 0 Å². The van der Waals surface area contributed by atoms with Crippen molar-refractivity contribution >= 4 is 11.0 Å². The Morgan fingerprint density at radius 3 is 3.11 bits per heavy atom. The highest BCUT2D eigenvalue weighted by Crippen LogP contribution is 2.23. The molecular weight excluding hydrogens is 236 g/mol. The molecule has 1 unspecified atom stereocenters. The van der Waals surface area contributed by atoms with Crippen LogP contribution in [0.15, 0.2) is 18.5 Å². The largest absolute Gasteiger partial charge is 0.325 e. The highest BCUT2D eigenvalue weighted by molar-refractivity contribution is 5.74. The summed E-state index contributed by atoms with van der Waals surface area (Å²) in [6.07, 6.45) is 7.40. The molecule has 0 spiro atoms. The topological polar surface area (TPSA) is 42.7 Å². The fourth-order valence-electron chi connectivity index (χ4n) is 3.08. The Morgan fingerprint density at radius 1 is 1.47 bits per heavy atom. The van der Waals surface area contributed by atoms with Crippen LogP contribution in [-0.2, 0) is 6.42 Å². The van der Waals surface area contributed by atoms with Crippen molar-refractivity contribution in [2.24, 2.45) is 5.92 Å². The molecule has 0 aliphatic carbocycles. The predicted octanol–water partition coefficient (Wildman–Crippen LogP) is 2.55. The third-order valence-electron chi connectivity index (χ3n) is 3.95. The van der Waals surface area contributed by atoms with Gasteiger partial charge in [0.05, 0.1) is 11.7 Å². The monoisotopic (exact) mass is 258 g/mol. The van der Waals surface area contributed by atoms with Gasteiger partial charge in [0, 0.05) is 18.7 Å². The van der Waals surface area contributed by atoms with Crippen molar-refractivity contribution in [1.82, 2.24) is 19.9 Å². The molecule has 1 N–H and O–H groups in total. The summed E-state index contributed by atoms with van der Waals surface area (Å²) in [6.45, 7) is 6.74. The van der Waals surface area contributed by atoms with Crippen LogP contribution in [0, 0.1) is 5.92 Å². The van der Waals surface area contributed by atoms with E-state index in [4.69, 9.17) is 4.98 Å². The smallest absolute Gasteiger partial charge is 0.110 e. The van der Waals surface area contributed by atoms with Gasteiger partial charge < -0.3 is 9.88 Å². The predicted molar refractivity (Wildman–Crippen MR) is 77.2 cm³/mol. The number of pyridine rings is 1. The van der Waals surface area contributed by atoms with E-state index in [1.807, 2.05) is 12.4 Å². The molecule has 19 heavy (non-hydrogen) atoms. The van der Waals surface area contributed by atoms with E-state index in [0.29, 0.717) is 6.04 Å². The molecule has 3 rings (SSSR count). The van der Waals surface area contributed by atoms with E-state index < -0.39 is 0 Å². The molecule has 0 aromatic carbocycles. The van der Waals surface area contributed by atoms with Crippen molar-refractivity contribution in [3.63, 3.8) is 0 Å². The first-order chi connectivity index (χ1) is 9.25. The highest BCUT2D eigenvalue weighted by Gasteiger charge is 2.19. The summed E-state index contributed by atoms with van der Waals surface area (Å²) in [5.41, 5.74) is 2.23. The molecule has 0 saturated carbocycles. The molecule has 0 radical (unpaired) electrons. The molecule has 1 atom stereocenters. The van der Waals surface area contributed by atoms with Gasteiger partial charge in [0.1, 0.15) is 11.3 Å². The van der Waals surface area contributed by atoms with Crippen molar-refractivity contribution in [2.75, 3.05) is 13.1 Å². The molecule has 102 valence electrons. The van der Waals surface area contributed by atoms with E-state index in [9.17, 15) is 0 Å². The lowest BCUT2D eigenvalue weighted by atomic mass is 9.96. The average molecular weight is 258 g/mol. The van der Waals surface area contributed by atoms with E-state index in [0.717, 1.165) is 24.4 Å². The lowest BCUT2D eigenvalue weighted by Gasteiger charge is -2.23. The van der Waals surface area contributed by atoms with Gasteiger partial charge in [0.2, 0.25) is 0 Å². The van der Waals surface area contributed by atoms with Crippen molar-refractivity contribution in [1.29, 1.82) is 0 Å². The molecule has 3 heterocycles. The number of imidazole rings is 1. The minimum Gasteiger partial charge on any atom is -0.325 e. The van der Waals surface area contributed by atoms with E-state index in [1.165, 1.54) is 30.7 Å². The highest BCUT2D eigenvalue weighted by atomic mass is 15.1. The number of rotatable bonds is 3. The van der Waals surface area contributed by atoms with Crippen molar-refractivity contribution < 1.29 is 0 Å². The maximum Gasteiger partial charge on any atom is 0.110 e. The molecule has 1 saturated heterocycles. The minimum absolute atomic E-state index is 0.443. The number of nitrogens with zero attached hydrogens (tertiary/aromatic N) is 3. The molecule has 1 aliphatic heterocycles. The fraction of sp³-hybridized carbons (Fsp3) is 0.600. The third-order valence-corrected chi connectivity index (χ3v) is 3.95. The first-order valence-corrected chi connectivity index (χ1v) is 7.27. The summed E-state index contributed by atoms with van der Waals surface area (Å²) < 4.78 is 2.37. The van der Waals surface area contributed by atoms with Crippen LogP contribution in [0.4, 0.5) is 0 Å². The van der Waals surface area contributed by atoms with Crippen LogP contribution < -0.4 is 5.32 Å². The third kappa shape index (κ3) is 2.50. The second-order valence-corrected chi connectivity index (χ2v) is 5.77. The summed E-state index contributed by atoms with van der Waals surface area (Å²) in [7, 11) is 0. The number of aromatic nitrogens is 3. The van der Waals surface area contributed by atoms with E-state index >= 15 is 0 Å². The number of hydrogen-bond acceptors (Lipinski definition) is 3. The standard InChI is InChI=1S/C15H22N4/c1-11(2)19-14-5-7-17-10-13(14)18-15(19)8-12-4-3-6-16-9-12/h5,7,10-12,16H,3-4,6,8-9H2,1-2H3. The molecular formula is C15H22N4. The van der Waals surface area contributed by atoms with Gasteiger partial charge in [-0.1, -0.05) is 0 Å². The van der Waals surface area contributed by atoms with Crippen LogP contribution in [-0.4, -0.2) is 27.6 Å². The lowest BCUT2D eigenvalue weighted by Crippen LogP contribution is -2.31. The van der Waals surface area contributed by atoms with Crippen LogP contribution in [0.5, 0.6) is 0 Å². The van der Waals surface area contributed by atoms with Crippen LogP contribution in [0.25, 0.3) is 11.0 Å². The lowest BCUT2D eigenvalue weighted by molar-refractivity contribution is 0.364. The zero-order valence-electron chi connectivity index (χ0n) is 11.8. The molecule has 1 aliphatic rings. The Hall–Kier alpha value is -1.42. The summed E-state index contributed by atoms with van der Waals surface area (Å²) in [4.78, 5) is 8.99. The zero-order chi connectivity index (χ0) is 13.2. The SMILES string of the molecule is CC(C)n1c(CC2CCCNC2)nc2cnccc21. The Balaban J connectivity index is 1.95. The summed E-state index contributed by atoms with van der Waals surface area (Å²) >= 11 is 0. The average Bonchev–Trinajstić information content (AvgIpc) is 2.77. The molecule has 4 nitrogen and oxygen atoms in total. The van der Waals surface area contributed by atoms with Gasteiger partial charge in [-0.15, -0.1) is 0 Å². The van der Waals surface area contributed by atoms with Gasteiger partial charge in [0.15, 0.2) is 0 Å². The molecule has 1 fully saturated rings. The van der Waals surface area contributed by atoms with Crippen molar-refractivity contribution in [2.45, 2.75) is 39.2 Å². The van der Waals surface area contributed by atoms with Crippen molar-refractivity contribution in [3.05, 3.63) is 24.3 Å². The van der Waals surface area contributed by atoms with Gasteiger partial charge in [-0.3, -0.25) is 4.98 Å². The normalized spacial score (nSPS) is 20.3. The number of hydrogen-bond donors (Lipinski definition) is 1. The minimum atomic E-state index is 0.443. The second kappa shape index (κ2) is 5.29. The molecule has 0 bridgehead atoms. The maximum atomic E-state index is 4.80. The number of fused-ring (bicyclic) bond motifs is 1. The zero-order valence-corrected chi connectivity index (χ0v) is 11.8. The quantitative estimate of drug-likeness (QED) is 0.920. The van der Waals surface area contributed by atoms with Gasteiger partial charge in [-0.2, -0.15) is 0 Å². The Bertz CT molecular complexity index is 552. The fourth-order valence-corrected chi connectivity index (χ4v) is 3.08. The van der Waals surface area contributed by atoms with Crippen LogP contribution in [0.2, 0.25) is 0 Å². The van der Waals surface area contributed by atoms with Crippen LogP contribution in [0.1, 0.15) is 38.6 Å². The molecule has 4 heteroatoms. The van der Waals surface area contributed by atoms with Gasteiger partial charge in [0.25, 0.3) is 0 Å². The Labute approximate surface area is 114 Å². The van der Waals surface area contributed by atoms with Gasteiger partial charge in [-0.25, -0.2) is 4.98 Å². The van der Waals surface area contributed by atoms with E-state index in [-0.39, 0.29) is 0 Å².